The molecule has 6 amide bonds. The fourth-order valence-corrected chi connectivity index (χ4v) is 3.07. The van der Waals surface area contributed by atoms with E-state index in [9.17, 15) is 24.0 Å². The maximum atomic E-state index is 12.9. The molecule has 2 aliphatic heterocycles. The van der Waals surface area contributed by atoms with Gasteiger partial charge in [0.1, 0.15) is 12.1 Å². The van der Waals surface area contributed by atoms with Crippen molar-refractivity contribution in [1.82, 2.24) is 9.80 Å². The van der Waals surface area contributed by atoms with Crippen molar-refractivity contribution in [3.05, 3.63) is 24.3 Å². The van der Waals surface area contributed by atoms with E-state index in [1.807, 2.05) is 0 Å². The van der Waals surface area contributed by atoms with Gasteiger partial charge in [-0.15, -0.1) is 0 Å². The molecule has 1 aromatic rings. The van der Waals surface area contributed by atoms with Gasteiger partial charge in [-0.1, -0.05) is 12.1 Å². The summed E-state index contributed by atoms with van der Waals surface area (Å²) >= 11 is 0. The highest BCUT2D eigenvalue weighted by atomic mass is 16.2. The van der Waals surface area contributed by atoms with E-state index in [2.05, 4.69) is 5.32 Å². The first kappa shape index (κ1) is 17.6. The Morgan fingerprint density at radius 1 is 1.04 bits per heavy atom. The number of carbonyl (C=O) groups is 5. The monoisotopic (exact) mass is 358 g/mol. The summed E-state index contributed by atoms with van der Waals surface area (Å²) in [5, 5.41) is 2.73. The molecule has 0 atom stereocenters. The summed E-state index contributed by atoms with van der Waals surface area (Å²) in [6, 6.07) is 5.90. The molecule has 0 bridgehead atoms. The number of hydrogen-bond donors (Lipinski definition) is 1. The van der Waals surface area contributed by atoms with Crippen molar-refractivity contribution in [3.63, 3.8) is 0 Å². The minimum atomic E-state index is -1.23. The lowest BCUT2D eigenvalue weighted by Gasteiger charge is -2.42. The highest BCUT2D eigenvalue weighted by Gasteiger charge is 2.48. The fourth-order valence-electron chi connectivity index (χ4n) is 3.07. The molecule has 1 N–H and O–H groups in total. The Balaban J connectivity index is 1.94. The van der Waals surface area contributed by atoms with Crippen molar-refractivity contribution in [2.75, 3.05) is 23.3 Å². The number of benzene rings is 1. The van der Waals surface area contributed by atoms with E-state index in [1.54, 1.807) is 45.0 Å². The van der Waals surface area contributed by atoms with Crippen molar-refractivity contribution in [3.8, 4) is 0 Å². The van der Waals surface area contributed by atoms with Gasteiger partial charge in [-0.25, -0.2) is 9.69 Å². The standard InChI is InChI=1S/C17H18N4O5/c1-4-19-13(23)14(24)20(16(19)26)9-12(22)21-11-8-6-5-7-10(11)18-15(25)17(21,2)3/h5-8H,4,9H2,1-3H3,(H,18,25). The predicted octanol–water partition coefficient (Wildman–Crippen LogP) is 0.561. The van der Waals surface area contributed by atoms with Gasteiger partial charge in [0, 0.05) is 6.54 Å². The van der Waals surface area contributed by atoms with Gasteiger partial charge in [0.05, 0.1) is 11.4 Å². The molecule has 3 rings (SSSR count). The fraction of sp³-hybridized carbons (Fsp3) is 0.353. The van der Waals surface area contributed by atoms with E-state index in [-0.39, 0.29) is 6.54 Å². The molecule has 136 valence electrons. The summed E-state index contributed by atoms with van der Waals surface area (Å²) in [5.41, 5.74) is -0.318. The van der Waals surface area contributed by atoms with E-state index in [0.29, 0.717) is 16.3 Å². The van der Waals surface area contributed by atoms with Crippen LogP contribution < -0.4 is 10.2 Å². The van der Waals surface area contributed by atoms with Gasteiger partial charge < -0.3 is 5.32 Å². The Labute approximate surface area is 149 Å². The van der Waals surface area contributed by atoms with Crippen LogP contribution in [0.4, 0.5) is 16.2 Å². The quantitative estimate of drug-likeness (QED) is 0.628. The molecule has 0 radical (unpaired) electrons. The molecule has 2 heterocycles. The molecular weight excluding hydrogens is 340 g/mol. The van der Waals surface area contributed by atoms with Gasteiger partial charge in [-0.3, -0.25) is 29.0 Å². The van der Waals surface area contributed by atoms with E-state index in [1.165, 1.54) is 4.90 Å². The molecule has 1 fully saturated rings. The number of anilines is 2. The molecule has 9 heteroatoms. The number of para-hydroxylation sites is 2. The number of nitrogens with one attached hydrogen (secondary N) is 1. The molecule has 1 aromatic carbocycles. The van der Waals surface area contributed by atoms with Crippen molar-refractivity contribution < 1.29 is 24.0 Å². The Morgan fingerprint density at radius 3 is 2.27 bits per heavy atom. The van der Waals surface area contributed by atoms with Crippen LogP contribution in [0.2, 0.25) is 0 Å². The van der Waals surface area contributed by atoms with Crippen LogP contribution in [-0.2, 0) is 19.2 Å². The van der Waals surface area contributed by atoms with Gasteiger partial charge in [-0.05, 0) is 32.9 Å². The summed E-state index contributed by atoms with van der Waals surface area (Å²) in [6.07, 6.45) is 0. The minimum Gasteiger partial charge on any atom is -0.322 e. The molecule has 0 saturated carbocycles. The Kier molecular flexibility index (Phi) is 4.02. The van der Waals surface area contributed by atoms with Gasteiger partial charge in [0.2, 0.25) is 11.8 Å². The van der Waals surface area contributed by atoms with Crippen molar-refractivity contribution in [2.45, 2.75) is 26.3 Å². The summed E-state index contributed by atoms with van der Waals surface area (Å²) in [4.78, 5) is 64.0. The van der Waals surface area contributed by atoms with Gasteiger partial charge in [0.15, 0.2) is 0 Å². The minimum absolute atomic E-state index is 0.0363. The Bertz CT molecular complexity index is 847. The molecular formula is C17H18N4O5. The van der Waals surface area contributed by atoms with E-state index in [0.717, 1.165) is 4.90 Å². The predicted molar refractivity (Wildman–Crippen MR) is 91.1 cm³/mol. The number of rotatable bonds is 3. The lowest BCUT2D eigenvalue weighted by atomic mass is 9.96. The SMILES string of the molecule is CCN1C(=O)C(=O)N(CC(=O)N2c3ccccc3NC(=O)C2(C)C)C1=O. The highest BCUT2D eigenvalue weighted by Crippen LogP contribution is 2.36. The third-order valence-corrected chi connectivity index (χ3v) is 4.50. The van der Waals surface area contributed by atoms with Crippen LogP contribution in [0.15, 0.2) is 24.3 Å². The van der Waals surface area contributed by atoms with Crippen LogP contribution in [-0.4, -0.2) is 58.1 Å². The summed E-state index contributed by atoms with van der Waals surface area (Å²) in [5.74, 6) is -3.03. The van der Waals surface area contributed by atoms with Gasteiger partial charge in [0.25, 0.3) is 0 Å². The van der Waals surface area contributed by atoms with Gasteiger partial charge >= 0.3 is 17.8 Å². The number of likely N-dealkylation sites (N-methyl/N-ethyl adjacent to an activating group) is 1. The summed E-state index contributed by atoms with van der Waals surface area (Å²) < 4.78 is 0. The number of hydrogen-bond acceptors (Lipinski definition) is 5. The average Bonchev–Trinajstić information content (AvgIpc) is 2.78. The molecule has 1 saturated heterocycles. The van der Waals surface area contributed by atoms with Crippen LogP contribution in [0.25, 0.3) is 0 Å². The van der Waals surface area contributed by atoms with Crippen LogP contribution in [0.1, 0.15) is 20.8 Å². The van der Waals surface area contributed by atoms with E-state index >= 15 is 0 Å². The number of nitrogens with zero attached hydrogens (tertiary/aromatic N) is 3. The van der Waals surface area contributed by atoms with E-state index < -0.39 is 41.7 Å². The third kappa shape index (κ3) is 2.43. The molecule has 2 aliphatic rings. The molecule has 0 spiro atoms. The number of fused-ring (bicyclic) bond motifs is 1. The van der Waals surface area contributed by atoms with Crippen LogP contribution >= 0.6 is 0 Å². The number of carbonyl (C=O) groups excluding carboxylic acids is 5. The number of urea groups is 1. The maximum absolute atomic E-state index is 12.9. The van der Waals surface area contributed by atoms with Crippen molar-refractivity contribution in [1.29, 1.82) is 0 Å². The second kappa shape index (κ2) is 5.94. The molecule has 26 heavy (non-hydrogen) atoms. The number of amides is 6. The normalized spacial score (nSPS) is 19.0. The van der Waals surface area contributed by atoms with Crippen LogP contribution in [0.3, 0.4) is 0 Å². The van der Waals surface area contributed by atoms with Crippen molar-refractivity contribution >= 4 is 41.0 Å². The molecule has 0 aliphatic carbocycles. The zero-order valence-corrected chi connectivity index (χ0v) is 14.6. The first-order valence-corrected chi connectivity index (χ1v) is 8.11. The second-order valence-electron chi connectivity index (χ2n) is 6.48. The zero-order valence-electron chi connectivity index (χ0n) is 14.6. The average molecular weight is 358 g/mol. The number of imide groups is 2. The highest BCUT2D eigenvalue weighted by molar-refractivity contribution is 6.45. The Morgan fingerprint density at radius 2 is 1.65 bits per heavy atom. The lowest BCUT2D eigenvalue weighted by Crippen LogP contribution is -2.60. The topological polar surface area (TPSA) is 107 Å². The summed E-state index contributed by atoms with van der Waals surface area (Å²) in [6.45, 7) is 4.10. The first-order valence-electron chi connectivity index (χ1n) is 8.11. The van der Waals surface area contributed by atoms with E-state index in [4.69, 9.17) is 0 Å². The second-order valence-corrected chi connectivity index (χ2v) is 6.48. The molecule has 0 aromatic heterocycles. The Hall–Kier alpha value is -3.23. The largest absolute Gasteiger partial charge is 0.334 e. The summed E-state index contributed by atoms with van der Waals surface area (Å²) in [7, 11) is 0. The molecule has 9 nitrogen and oxygen atoms in total. The first-order chi connectivity index (χ1) is 12.2. The van der Waals surface area contributed by atoms with Crippen LogP contribution in [0, 0.1) is 0 Å². The van der Waals surface area contributed by atoms with Gasteiger partial charge in [-0.2, -0.15) is 0 Å². The third-order valence-electron chi connectivity index (χ3n) is 4.50. The molecule has 0 unspecified atom stereocenters. The van der Waals surface area contributed by atoms with Crippen molar-refractivity contribution in [2.24, 2.45) is 0 Å². The smallest absolute Gasteiger partial charge is 0.322 e. The maximum Gasteiger partial charge on any atom is 0.334 e. The van der Waals surface area contributed by atoms with Crippen LogP contribution in [0.5, 0.6) is 0 Å². The zero-order chi connectivity index (χ0) is 19.2. The lowest BCUT2D eigenvalue weighted by molar-refractivity contribution is -0.143.